The largest absolute Gasteiger partial charge is 0.435 e. The molecule has 1 unspecified atom stereocenters. The molecular weight excluding hydrogens is 355 g/mol. The minimum atomic E-state index is -2.83. The second kappa shape index (κ2) is 8.26. The van der Waals surface area contributed by atoms with Crippen molar-refractivity contribution in [1.82, 2.24) is 15.1 Å². The van der Waals surface area contributed by atoms with Gasteiger partial charge in [0.05, 0.1) is 11.9 Å². The maximum absolute atomic E-state index is 13.5. The maximum atomic E-state index is 13.5. The number of nitrogens with zero attached hydrogens (tertiary/aromatic N) is 2. The van der Waals surface area contributed by atoms with Crippen molar-refractivity contribution in [3.8, 4) is 11.4 Å². The number of alkyl halides is 2. The summed E-state index contributed by atoms with van der Waals surface area (Å²) in [6.45, 7) is 1.67. The van der Waals surface area contributed by atoms with Crippen LogP contribution in [0.25, 0.3) is 5.69 Å². The third kappa shape index (κ3) is 4.68. The molecule has 3 aromatic rings. The molecule has 0 bridgehead atoms. The SMILES string of the molecule is Cc1c(C(C)NCc2ccc(OC(F)F)cc2)cnn1-c1cccc(F)c1. The van der Waals surface area contributed by atoms with E-state index in [1.807, 2.05) is 13.8 Å². The van der Waals surface area contributed by atoms with Crippen molar-refractivity contribution in [2.45, 2.75) is 33.0 Å². The molecule has 0 spiro atoms. The van der Waals surface area contributed by atoms with Crippen molar-refractivity contribution < 1.29 is 17.9 Å². The lowest BCUT2D eigenvalue weighted by atomic mass is 10.1. The Morgan fingerprint density at radius 3 is 2.56 bits per heavy atom. The van der Waals surface area contributed by atoms with Crippen LogP contribution < -0.4 is 10.1 Å². The van der Waals surface area contributed by atoms with Gasteiger partial charge in [0, 0.05) is 23.8 Å². The summed E-state index contributed by atoms with van der Waals surface area (Å²) in [6, 6.07) is 12.8. The van der Waals surface area contributed by atoms with Gasteiger partial charge in [0.2, 0.25) is 0 Å². The van der Waals surface area contributed by atoms with E-state index >= 15 is 0 Å². The standard InChI is InChI=1S/C20H20F3N3O/c1-13(24-11-15-6-8-18(9-7-15)27-20(22)23)19-12-25-26(14(19)2)17-5-3-4-16(21)10-17/h3-10,12-13,20,24H,11H2,1-2H3. The highest BCUT2D eigenvalue weighted by Gasteiger charge is 2.14. The van der Waals surface area contributed by atoms with Crippen molar-refractivity contribution >= 4 is 0 Å². The number of hydrogen-bond donors (Lipinski definition) is 1. The number of halogens is 3. The Kier molecular flexibility index (Phi) is 5.81. The van der Waals surface area contributed by atoms with Crippen LogP contribution in [0.15, 0.2) is 54.7 Å². The van der Waals surface area contributed by atoms with E-state index in [2.05, 4.69) is 15.2 Å². The molecule has 1 aromatic heterocycles. The Morgan fingerprint density at radius 2 is 1.89 bits per heavy atom. The average Bonchev–Trinajstić information content (AvgIpc) is 3.02. The highest BCUT2D eigenvalue weighted by molar-refractivity contribution is 5.36. The van der Waals surface area contributed by atoms with Gasteiger partial charge in [-0.25, -0.2) is 9.07 Å². The second-order valence-corrected chi connectivity index (χ2v) is 6.20. The minimum Gasteiger partial charge on any atom is -0.435 e. The first-order valence-electron chi connectivity index (χ1n) is 8.51. The Bertz CT molecular complexity index is 894. The molecule has 1 atom stereocenters. The minimum absolute atomic E-state index is 0.00398. The molecule has 142 valence electrons. The molecule has 0 aliphatic heterocycles. The van der Waals surface area contributed by atoms with Crippen LogP contribution in [0.5, 0.6) is 5.75 Å². The molecule has 0 saturated heterocycles. The summed E-state index contributed by atoms with van der Waals surface area (Å²) >= 11 is 0. The fourth-order valence-electron chi connectivity index (χ4n) is 2.89. The van der Waals surface area contributed by atoms with Crippen LogP contribution in [0.2, 0.25) is 0 Å². The van der Waals surface area contributed by atoms with E-state index in [1.54, 1.807) is 35.1 Å². The molecule has 4 nitrogen and oxygen atoms in total. The summed E-state index contributed by atoms with van der Waals surface area (Å²) in [6.07, 6.45) is 1.76. The zero-order valence-corrected chi connectivity index (χ0v) is 15.0. The molecule has 1 N–H and O–H groups in total. The molecule has 7 heteroatoms. The fourth-order valence-corrected chi connectivity index (χ4v) is 2.89. The van der Waals surface area contributed by atoms with E-state index in [0.29, 0.717) is 12.2 Å². The topological polar surface area (TPSA) is 39.1 Å². The maximum Gasteiger partial charge on any atom is 0.387 e. The third-order valence-corrected chi connectivity index (χ3v) is 4.33. The van der Waals surface area contributed by atoms with Crippen LogP contribution in [-0.4, -0.2) is 16.4 Å². The Hall–Kier alpha value is -2.80. The van der Waals surface area contributed by atoms with E-state index in [1.165, 1.54) is 24.3 Å². The second-order valence-electron chi connectivity index (χ2n) is 6.20. The molecule has 2 aromatic carbocycles. The van der Waals surface area contributed by atoms with Crippen molar-refractivity contribution in [3.63, 3.8) is 0 Å². The van der Waals surface area contributed by atoms with E-state index in [4.69, 9.17) is 0 Å². The average molecular weight is 375 g/mol. The predicted molar refractivity (Wildman–Crippen MR) is 96.6 cm³/mol. The van der Waals surface area contributed by atoms with Crippen molar-refractivity contribution in [1.29, 1.82) is 0 Å². The first-order chi connectivity index (χ1) is 12.9. The number of ether oxygens (including phenoxy) is 1. The molecule has 0 aliphatic carbocycles. The first kappa shape index (κ1) is 19.0. The lowest BCUT2D eigenvalue weighted by Gasteiger charge is -2.14. The molecule has 1 heterocycles. The number of hydrogen-bond acceptors (Lipinski definition) is 3. The fraction of sp³-hybridized carbons (Fsp3) is 0.250. The van der Waals surface area contributed by atoms with E-state index < -0.39 is 6.61 Å². The molecule has 0 aliphatic rings. The first-order valence-corrected chi connectivity index (χ1v) is 8.51. The molecule has 27 heavy (non-hydrogen) atoms. The Morgan fingerprint density at radius 1 is 1.15 bits per heavy atom. The summed E-state index contributed by atoms with van der Waals surface area (Å²) in [5.74, 6) is -0.177. The van der Waals surface area contributed by atoms with Crippen molar-refractivity contribution in [2.24, 2.45) is 0 Å². The van der Waals surface area contributed by atoms with Crippen LogP contribution in [0.3, 0.4) is 0 Å². The molecule has 0 radical (unpaired) electrons. The number of nitrogens with one attached hydrogen (secondary N) is 1. The van der Waals surface area contributed by atoms with Crippen LogP contribution in [0.4, 0.5) is 13.2 Å². The number of rotatable bonds is 7. The van der Waals surface area contributed by atoms with Gasteiger partial charge >= 0.3 is 6.61 Å². The monoisotopic (exact) mass is 375 g/mol. The normalized spacial score (nSPS) is 12.4. The molecule has 0 fully saturated rings. The molecule has 0 saturated carbocycles. The highest BCUT2D eigenvalue weighted by atomic mass is 19.3. The van der Waals surface area contributed by atoms with Crippen LogP contribution >= 0.6 is 0 Å². The lowest BCUT2D eigenvalue weighted by molar-refractivity contribution is -0.0498. The van der Waals surface area contributed by atoms with E-state index in [0.717, 1.165) is 16.8 Å². The quantitative estimate of drug-likeness (QED) is 0.646. The Balaban J connectivity index is 1.65. The van der Waals surface area contributed by atoms with E-state index in [-0.39, 0.29) is 17.6 Å². The lowest BCUT2D eigenvalue weighted by Crippen LogP contribution is -2.18. The smallest absolute Gasteiger partial charge is 0.387 e. The van der Waals surface area contributed by atoms with Crippen LogP contribution in [-0.2, 0) is 6.54 Å². The number of aromatic nitrogens is 2. The summed E-state index contributed by atoms with van der Waals surface area (Å²) in [7, 11) is 0. The van der Waals surface area contributed by atoms with Gasteiger partial charge in [0.15, 0.2) is 0 Å². The van der Waals surface area contributed by atoms with Gasteiger partial charge in [0.1, 0.15) is 11.6 Å². The predicted octanol–water partition coefficient (Wildman–Crippen LogP) is 4.77. The molecule has 3 rings (SSSR count). The van der Waals surface area contributed by atoms with Gasteiger partial charge in [-0.2, -0.15) is 13.9 Å². The van der Waals surface area contributed by atoms with Crippen molar-refractivity contribution in [2.75, 3.05) is 0 Å². The zero-order valence-electron chi connectivity index (χ0n) is 15.0. The van der Waals surface area contributed by atoms with Crippen LogP contribution in [0, 0.1) is 12.7 Å². The summed E-state index contributed by atoms with van der Waals surface area (Å²) < 4.78 is 43.9. The van der Waals surface area contributed by atoms with Gasteiger partial charge in [-0.3, -0.25) is 0 Å². The zero-order chi connectivity index (χ0) is 19.4. The molecular formula is C20H20F3N3O. The summed E-state index contributed by atoms with van der Waals surface area (Å²) in [5.41, 5.74) is 3.53. The van der Waals surface area contributed by atoms with Gasteiger partial charge in [-0.15, -0.1) is 0 Å². The summed E-state index contributed by atoms with van der Waals surface area (Å²) in [5, 5.41) is 7.74. The van der Waals surface area contributed by atoms with Crippen LogP contribution in [0.1, 0.15) is 29.8 Å². The van der Waals surface area contributed by atoms with E-state index in [9.17, 15) is 13.2 Å². The van der Waals surface area contributed by atoms with Gasteiger partial charge in [-0.1, -0.05) is 18.2 Å². The van der Waals surface area contributed by atoms with Gasteiger partial charge in [0.25, 0.3) is 0 Å². The molecule has 0 amide bonds. The van der Waals surface area contributed by atoms with Gasteiger partial charge < -0.3 is 10.1 Å². The van der Waals surface area contributed by atoms with Gasteiger partial charge in [-0.05, 0) is 49.7 Å². The number of benzene rings is 2. The van der Waals surface area contributed by atoms with Crippen molar-refractivity contribution in [3.05, 3.63) is 77.4 Å². The Labute approximate surface area is 155 Å². The highest BCUT2D eigenvalue weighted by Crippen LogP contribution is 2.21. The summed E-state index contributed by atoms with van der Waals surface area (Å²) in [4.78, 5) is 0. The third-order valence-electron chi connectivity index (χ3n) is 4.33.